The first-order valence-electron chi connectivity index (χ1n) is 7.97. The minimum atomic E-state index is -0.256. The molecule has 0 aliphatic carbocycles. The van der Waals surface area contributed by atoms with Crippen LogP contribution in [-0.2, 0) is 17.8 Å². The Kier molecular flexibility index (Phi) is 5.95. The number of anilines is 2. The number of urea groups is 1. The third-order valence-corrected chi connectivity index (χ3v) is 3.92. The van der Waals surface area contributed by atoms with Crippen molar-refractivity contribution >= 4 is 23.3 Å². The molecule has 2 aromatic rings. The maximum atomic E-state index is 12.0. The predicted octanol–water partition coefficient (Wildman–Crippen LogP) is 3.55. The third kappa shape index (κ3) is 4.59. The van der Waals surface area contributed by atoms with Crippen LogP contribution in [0.3, 0.4) is 0 Å². The Hall–Kier alpha value is -2.82. The summed E-state index contributed by atoms with van der Waals surface area (Å²) < 4.78 is 0. The molecule has 0 spiro atoms. The number of hydrogen-bond donors (Lipinski definition) is 2. The highest BCUT2D eigenvalue weighted by atomic mass is 16.2. The second-order valence-corrected chi connectivity index (χ2v) is 5.55. The lowest BCUT2D eigenvalue weighted by Crippen LogP contribution is -2.28. The van der Waals surface area contributed by atoms with E-state index in [0.717, 1.165) is 17.7 Å². The van der Waals surface area contributed by atoms with Crippen LogP contribution in [0.5, 0.6) is 0 Å². The van der Waals surface area contributed by atoms with Gasteiger partial charge in [-0.25, -0.2) is 4.79 Å². The summed E-state index contributed by atoms with van der Waals surface area (Å²) in [5.74, 6) is -0.0389. The number of aryl methyl sites for hydroxylation is 1. The number of nitrogens with zero attached hydrogens (tertiary/aromatic N) is 1. The molecule has 0 aromatic heterocycles. The van der Waals surface area contributed by atoms with Gasteiger partial charge in [0.15, 0.2) is 0 Å². The van der Waals surface area contributed by atoms with Crippen LogP contribution in [0.4, 0.5) is 16.2 Å². The van der Waals surface area contributed by atoms with E-state index in [9.17, 15) is 9.59 Å². The maximum Gasteiger partial charge on any atom is 0.319 e. The van der Waals surface area contributed by atoms with E-state index in [1.54, 1.807) is 36.2 Å². The first kappa shape index (κ1) is 17.5. The average Bonchev–Trinajstić information content (AvgIpc) is 2.60. The molecule has 0 unspecified atom stereocenters. The molecule has 0 atom stereocenters. The molecule has 3 amide bonds. The topological polar surface area (TPSA) is 61.4 Å². The van der Waals surface area contributed by atoms with Gasteiger partial charge in [-0.1, -0.05) is 31.2 Å². The molecule has 2 rings (SSSR count). The Morgan fingerprint density at radius 1 is 1.00 bits per heavy atom. The van der Waals surface area contributed by atoms with E-state index in [0.29, 0.717) is 12.2 Å². The molecule has 0 heterocycles. The van der Waals surface area contributed by atoms with E-state index in [4.69, 9.17) is 0 Å². The Labute approximate surface area is 142 Å². The fraction of sp³-hybridized carbons (Fsp3) is 0.263. The highest BCUT2D eigenvalue weighted by Crippen LogP contribution is 2.17. The van der Waals surface area contributed by atoms with Crippen LogP contribution in [-0.4, -0.2) is 19.0 Å². The van der Waals surface area contributed by atoms with Crippen molar-refractivity contribution in [3.63, 3.8) is 0 Å². The summed E-state index contributed by atoms with van der Waals surface area (Å²) in [4.78, 5) is 24.9. The molecular formula is C19H23N3O2. The van der Waals surface area contributed by atoms with Gasteiger partial charge in [0, 0.05) is 31.9 Å². The van der Waals surface area contributed by atoms with Crippen molar-refractivity contribution in [3.05, 3.63) is 59.7 Å². The maximum absolute atomic E-state index is 12.0. The Bertz CT molecular complexity index is 711. The van der Waals surface area contributed by atoms with Crippen LogP contribution in [0.25, 0.3) is 0 Å². The zero-order chi connectivity index (χ0) is 17.5. The van der Waals surface area contributed by atoms with Gasteiger partial charge in [-0.2, -0.15) is 0 Å². The summed E-state index contributed by atoms with van der Waals surface area (Å²) in [6.45, 7) is 4.09. The minimum Gasteiger partial charge on any atom is -0.334 e. The standard InChI is InChI=1S/C19H23N3O2/c1-4-15-7-5-6-8-16(15)13-20-19(24)21-17-9-11-18(12-10-17)22(3)14(2)23/h5-12H,4,13H2,1-3H3,(H2,20,21,24). The SMILES string of the molecule is CCc1ccccc1CNC(=O)Nc1ccc(N(C)C(C)=O)cc1. The molecule has 0 saturated heterocycles. The van der Waals surface area contributed by atoms with Gasteiger partial charge in [0.25, 0.3) is 0 Å². The number of carbonyl (C=O) groups is 2. The van der Waals surface area contributed by atoms with Crippen molar-refractivity contribution in [2.24, 2.45) is 0 Å². The molecule has 126 valence electrons. The zero-order valence-corrected chi connectivity index (χ0v) is 14.3. The van der Waals surface area contributed by atoms with E-state index in [1.165, 1.54) is 12.5 Å². The van der Waals surface area contributed by atoms with E-state index < -0.39 is 0 Å². The lowest BCUT2D eigenvalue weighted by atomic mass is 10.1. The highest BCUT2D eigenvalue weighted by molar-refractivity contribution is 5.92. The van der Waals surface area contributed by atoms with Crippen molar-refractivity contribution in [1.29, 1.82) is 0 Å². The molecule has 0 bridgehead atoms. The van der Waals surface area contributed by atoms with Gasteiger partial charge >= 0.3 is 6.03 Å². The number of hydrogen-bond acceptors (Lipinski definition) is 2. The Balaban J connectivity index is 1.91. The number of nitrogens with one attached hydrogen (secondary N) is 2. The van der Waals surface area contributed by atoms with Gasteiger partial charge < -0.3 is 15.5 Å². The van der Waals surface area contributed by atoms with E-state index in [2.05, 4.69) is 23.6 Å². The van der Waals surface area contributed by atoms with Crippen molar-refractivity contribution < 1.29 is 9.59 Å². The highest BCUT2D eigenvalue weighted by Gasteiger charge is 2.07. The summed E-state index contributed by atoms with van der Waals surface area (Å²) in [7, 11) is 1.71. The molecule has 0 radical (unpaired) electrons. The van der Waals surface area contributed by atoms with E-state index in [1.807, 2.05) is 18.2 Å². The van der Waals surface area contributed by atoms with Gasteiger partial charge in [0.05, 0.1) is 0 Å². The van der Waals surface area contributed by atoms with Crippen molar-refractivity contribution in [2.45, 2.75) is 26.8 Å². The summed E-state index contributed by atoms with van der Waals surface area (Å²) in [6, 6.07) is 14.9. The molecule has 0 aliphatic heterocycles. The molecule has 5 nitrogen and oxygen atoms in total. The fourth-order valence-electron chi connectivity index (χ4n) is 2.38. The van der Waals surface area contributed by atoms with Crippen LogP contribution in [0, 0.1) is 0 Å². The monoisotopic (exact) mass is 325 g/mol. The smallest absolute Gasteiger partial charge is 0.319 e. The molecular weight excluding hydrogens is 302 g/mol. The van der Waals surface area contributed by atoms with Gasteiger partial charge in [-0.05, 0) is 41.8 Å². The van der Waals surface area contributed by atoms with Crippen molar-refractivity contribution in [1.82, 2.24) is 5.32 Å². The zero-order valence-electron chi connectivity index (χ0n) is 14.3. The lowest BCUT2D eigenvalue weighted by molar-refractivity contribution is -0.116. The van der Waals surface area contributed by atoms with E-state index >= 15 is 0 Å². The molecule has 0 saturated carbocycles. The van der Waals surface area contributed by atoms with Gasteiger partial charge in [-0.15, -0.1) is 0 Å². The van der Waals surface area contributed by atoms with Gasteiger partial charge in [0.1, 0.15) is 0 Å². The summed E-state index contributed by atoms with van der Waals surface area (Å²) in [5.41, 5.74) is 3.81. The van der Waals surface area contributed by atoms with Crippen LogP contribution in [0.1, 0.15) is 25.0 Å². The number of benzene rings is 2. The third-order valence-electron chi connectivity index (χ3n) is 3.92. The van der Waals surface area contributed by atoms with Crippen LogP contribution >= 0.6 is 0 Å². The second kappa shape index (κ2) is 8.15. The number of carbonyl (C=O) groups excluding carboxylic acids is 2. The van der Waals surface area contributed by atoms with Crippen LogP contribution in [0.15, 0.2) is 48.5 Å². The molecule has 5 heteroatoms. The molecule has 24 heavy (non-hydrogen) atoms. The molecule has 2 N–H and O–H groups in total. The van der Waals surface area contributed by atoms with Gasteiger partial charge in [0.2, 0.25) is 5.91 Å². The second-order valence-electron chi connectivity index (χ2n) is 5.55. The van der Waals surface area contributed by atoms with Crippen molar-refractivity contribution in [2.75, 3.05) is 17.3 Å². The first-order valence-corrected chi connectivity index (χ1v) is 7.97. The van der Waals surface area contributed by atoms with Gasteiger partial charge in [-0.3, -0.25) is 4.79 Å². The summed E-state index contributed by atoms with van der Waals surface area (Å²) in [6.07, 6.45) is 0.935. The Morgan fingerprint density at radius 3 is 2.21 bits per heavy atom. The summed E-state index contributed by atoms with van der Waals surface area (Å²) >= 11 is 0. The minimum absolute atomic E-state index is 0.0389. The molecule has 0 aliphatic rings. The molecule has 0 fully saturated rings. The number of amides is 3. The lowest BCUT2D eigenvalue weighted by Gasteiger charge is -2.15. The predicted molar refractivity (Wildman–Crippen MR) is 97.2 cm³/mol. The molecule has 2 aromatic carbocycles. The Morgan fingerprint density at radius 2 is 1.62 bits per heavy atom. The normalized spacial score (nSPS) is 10.1. The first-order chi connectivity index (χ1) is 11.5. The van der Waals surface area contributed by atoms with Crippen LogP contribution in [0.2, 0.25) is 0 Å². The van der Waals surface area contributed by atoms with Crippen molar-refractivity contribution in [3.8, 4) is 0 Å². The van der Waals surface area contributed by atoms with E-state index in [-0.39, 0.29) is 11.9 Å². The summed E-state index contributed by atoms with van der Waals surface area (Å²) in [5, 5.41) is 5.65. The van der Waals surface area contributed by atoms with Crippen LogP contribution < -0.4 is 15.5 Å². The quantitative estimate of drug-likeness (QED) is 0.883. The average molecular weight is 325 g/mol. The number of rotatable bonds is 5. The fourth-order valence-corrected chi connectivity index (χ4v) is 2.38. The largest absolute Gasteiger partial charge is 0.334 e.